The lowest BCUT2D eigenvalue weighted by molar-refractivity contribution is -0.175. The molecule has 1 aliphatic heterocycles. The molecule has 4 rings (SSSR count). The number of nitrogens with two attached hydrogens (primary N) is 1. The Kier molecular flexibility index (Phi) is 7.60. The number of rotatable bonds is 7. The first-order valence-corrected chi connectivity index (χ1v) is 11.7. The summed E-state index contributed by atoms with van der Waals surface area (Å²) in [7, 11) is 0. The third-order valence-corrected chi connectivity index (χ3v) is 5.92. The van der Waals surface area contributed by atoms with Gasteiger partial charge in [-0.25, -0.2) is 9.18 Å². The van der Waals surface area contributed by atoms with Crippen LogP contribution in [0.25, 0.3) is 0 Å². The maximum absolute atomic E-state index is 13.5. The number of nitrogens with one attached hydrogen (secondary N) is 2. The van der Waals surface area contributed by atoms with Crippen LogP contribution < -0.4 is 21.3 Å². The Morgan fingerprint density at radius 3 is 2.55 bits per heavy atom. The number of ether oxygens (including phenoxy) is 1. The molecule has 5 N–H and O–H groups in total. The number of carbonyl (C=O) groups excluding carboxylic acids is 4. The molecule has 12 heteroatoms. The highest BCUT2D eigenvalue weighted by Gasteiger charge is 2.49. The van der Waals surface area contributed by atoms with Crippen molar-refractivity contribution in [2.75, 3.05) is 16.8 Å². The van der Waals surface area contributed by atoms with Gasteiger partial charge in [-0.3, -0.25) is 14.4 Å². The first-order valence-electron chi connectivity index (χ1n) is 11.3. The summed E-state index contributed by atoms with van der Waals surface area (Å²) in [5.74, 6) is -5.07. The average molecular weight is 541 g/mol. The Hall–Kier alpha value is -4.48. The zero-order valence-electron chi connectivity index (χ0n) is 19.7. The van der Waals surface area contributed by atoms with Gasteiger partial charge in [0.25, 0.3) is 17.6 Å². The number of hydrogen-bond acceptors (Lipinski definition) is 6. The van der Waals surface area contributed by atoms with Gasteiger partial charge in [0.05, 0.1) is 0 Å². The molecule has 1 heterocycles. The van der Waals surface area contributed by atoms with Crippen molar-refractivity contribution in [1.29, 1.82) is 0 Å². The smallest absolute Gasteiger partial charge is 0.407 e. The number of halogens is 2. The number of anilines is 2. The molecule has 0 saturated carbocycles. The molecule has 1 saturated heterocycles. The molecule has 0 radical (unpaired) electrons. The van der Waals surface area contributed by atoms with Crippen LogP contribution in [-0.4, -0.2) is 41.3 Å². The van der Waals surface area contributed by atoms with Gasteiger partial charge in [-0.05, 0) is 60.2 Å². The Balaban J connectivity index is 1.40. The van der Waals surface area contributed by atoms with E-state index in [4.69, 9.17) is 22.1 Å². The van der Waals surface area contributed by atoms with Crippen LogP contribution in [0.15, 0.2) is 66.7 Å². The van der Waals surface area contributed by atoms with E-state index >= 15 is 0 Å². The van der Waals surface area contributed by atoms with E-state index in [1.54, 1.807) is 24.3 Å². The molecule has 38 heavy (non-hydrogen) atoms. The molecule has 0 bridgehead atoms. The molecule has 0 spiro atoms. The highest BCUT2D eigenvalue weighted by Crippen LogP contribution is 2.30. The summed E-state index contributed by atoms with van der Waals surface area (Å²) < 4.78 is 18.5. The van der Waals surface area contributed by atoms with Crippen LogP contribution in [0.2, 0.25) is 5.02 Å². The number of amides is 4. The maximum atomic E-state index is 13.5. The summed E-state index contributed by atoms with van der Waals surface area (Å²) in [6.07, 6.45) is -1.31. The number of primary amides is 1. The molecule has 4 amide bonds. The monoisotopic (exact) mass is 540 g/mol. The van der Waals surface area contributed by atoms with Gasteiger partial charge < -0.3 is 31.1 Å². The molecule has 1 fully saturated rings. The third kappa shape index (κ3) is 6.07. The summed E-state index contributed by atoms with van der Waals surface area (Å²) >= 11 is 5.79. The van der Waals surface area contributed by atoms with Crippen molar-refractivity contribution in [2.24, 2.45) is 5.73 Å². The van der Waals surface area contributed by atoms with Crippen LogP contribution >= 0.6 is 11.6 Å². The quantitative estimate of drug-likeness (QED) is 0.338. The SMILES string of the molecule is NC(=O)c1cccc(NC(=O)c2cccc(N3CCC(O)(OC(=O)NCc4cc(F)cc(Cl)c4)C3=O)c2)c1. The molecule has 0 aliphatic carbocycles. The van der Waals surface area contributed by atoms with Crippen LogP contribution in [0, 0.1) is 5.82 Å². The summed E-state index contributed by atoms with van der Waals surface area (Å²) in [4.78, 5) is 50.5. The van der Waals surface area contributed by atoms with Gasteiger partial charge in [-0.2, -0.15) is 0 Å². The van der Waals surface area contributed by atoms with Gasteiger partial charge in [0.15, 0.2) is 0 Å². The molecule has 0 aromatic heterocycles. The highest BCUT2D eigenvalue weighted by molar-refractivity contribution is 6.30. The normalized spacial score (nSPS) is 16.7. The molecule has 3 aromatic carbocycles. The van der Waals surface area contributed by atoms with Gasteiger partial charge in [0.2, 0.25) is 5.91 Å². The average Bonchev–Trinajstić information content (AvgIpc) is 3.16. The van der Waals surface area contributed by atoms with Gasteiger partial charge in [-0.1, -0.05) is 23.7 Å². The number of benzene rings is 3. The second-order valence-electron chi connectivity index (χ2n) is 8.46. The first-order chi connectivity index (χ1) is 18.0. The standard InChI is InChI=1S/C26H22ClFN4O6/c27-18-9-15(10-19(28)13-18)14-30-25(36)38-26(37)7-8-32(24(26)35)21-6-2-4-17(12-21)23(34)31-20-5-1-3-16(11-20)22(29)33/h1-6,9-13,37H,7-8,14H2,(H2,29,33)(H,30,36)(H,31,34). The minimum absolute atomic E-state index is 0.00778. The summed E-state index contributed by atoms with van der Waals surface area (Å²) in [6, 6.07) is 15.9. The zero-order valence-corrected chi connectivity index (χ0v) is 20.5. The lowest BCUT2D eigenvalue weighted by Gasteiger charge is -2.22. The lowest BCUT2D eigenvalue weighted by Crippen LogP contribution is -2.46. The van der Waals surface area contributed by atoms with E-state index in [0.29, 0.717) is 16.9 Å². The molecule has 1 atom stereocenters. The molecule has 10 nitrogen and oxygen atoms in total. The van der Waals surface area contributed by atoms with E-state index in [2.05, 4.69) is 10.6 Å². The first kappa shape index (κ1) is 26.6. The molecule has 1 unspecified atom stereocenters. The fourth-order valence-corrected chi connectivity index (χ4v) is 4.11. The summed E-state index contributed by atoms with van der Waals surface area (Å²) in [5.41, 5.74) is 6.69. The molecule has 1 aliphatic rings. The van der Waals surface area contributed by atoms with Gasteiger partial charge >= 0.3 is 6.09 Å². The number of hydrogen-bond donors (Lipinski definition) is 4. The molecule has 196 valence electrons. The number of carbonyl (C=O) groups is 4. The van der Waals surface area contributed by atoms with Crippen molar-refractivity contribution in [1.82, 2.24) is 5.32 Å². The van der Waals surface area contributed by atoms with Crippen molar-refractivity contribution < 1.29 is 33.4 Å². The lowest BCUT2D eigenvalue weighted by atomic mass is 10.1. The second-order valence-corrected chi connectivity index (χ2v) is 8.90. The van der Waals surface area contributed by atoms with Crippen LogP contribution in [0.1, 0.15) is 32.7 Å². The Labute approximate surface area is 221 Å². The van der Waals surface area contributed by atoms with E-state index in [9.17, 15) is 28.7 Å². The van der Waals surface area contributed by atoms with Gasteiger partial charge in [0.1, 0.15) is 5.82 Å². The van der Waals surface area contributed by atoms with Crippen LogP contribution in [0.3, 0.4) is 0 Å². The number of aliphatic hydroxyl groups is 1. The number of nitrogens with zero attached hydrogens (tertiary/aromatic N) is 1. The zero-order chi connectivity index (χ0) is 27.4. The minimum Gasteiger partial charge on any atom is -0.407 e. The molecule has 3 aromatic rings. The van der Waals surface area contributed by atoms with Gasteiger partial charge in [0, 0.05) is 47.0 Å². The maximum Gasteiger partial charge on any atom is 0.410 e. The van der Waals surface area contributed by atoms with Crippen LogP contribution in [0.5, 0.6) is 0 Å². The van der Waals surface area contributed by atoms with Crippen molar-refractivity contribution >= 4 is 46.8 Å². The molecular formula is C26H22ClFN4O6. The van der Waals surface area contributed by atoms with E-state index < -0.39 is 35.4 Å². The van der Waals surface area contributed by atoms with E-state index in [-0.39, 0.29) is 35.7 Å². The second kappa shape index (κ2) is 10.9. The summed E-state index contributed by atoms with van der Waals surface area (Å²) in [5, 5.41) is 15.9. The van der Waals surface area contributed by atoms with Crippen molar-refractivity contribution in [2.45, 2.75) is 18.8 Å². The van der Waals surface area contributed by atoms with Gasteiger partial charge in [-0.15, -0.1) is 0 Å². The Morgan fingerprint density at radius 1 is 1.08 bits per heavy atom. The fourth-order valence-electron chi connectivity index (χ4n) is 3.87. The van der Waals surface area contributed by atoms with E-state index in [1.165, 1.54) is 41.3 Å². The number of alkyl carbamates (subject to hydrolysis) is 1. The predicted octanol–water partition coefficient (Wildman–Crippen LogP) is 3.18. The molecular weight excluding hydrogens is 519 g/mol. The van der Waals surface area contributed by atoms with Crippen molar-refractivity contribution in [3.8, 4) is 0 Å². The highest BCUT2D eigenvalue weighted by atomic mass is 35.5. The Bertz CT molecular complexity index is 1410. The largest absolute Gasteiger partial charge is 0.410 e. The van der Waals surface area contributed by atoms with Crippen LogP contribution in [-0.2, 0) is 16.1 Å². The van der Waals surface area contributed by atoms with E-state index in [1.807, 2.05) is 0 Å². The summed E-state index contributed by atoms with van der Waals surface area (Å²) in [6.45, 7) is -0.141. The Morgan fingerprint density at radius 2 is 1.82 bits per heavy atom. The van der Waals surface area contributed by atoms with Crippen molar-refractivity contribution in [3.05, 3.63) is 94.3 Å². The van der Waals surface area contributed by atoms with Crippen molar-refractivity contribution in [3.63, 3.8) is 0 Å². The minimum atomic E-state index is -2.43. The van der Waals surface area contributed by atoms with E-state index in [0.717, 1.165) is 6.07 Å². The fraction of sp³-hybridized carbons (Fsp3) is 0.154. The van der Waals surface area contributed by atoms with Crippen LogP contribution in [0.4, 0.5) is 20.6 Å². The topological polar surface area (TPSA) is 151 Å². The predicted molar refractivity (Wildman–Crippen MR) is 136 cm³/mol. The third-order valence-electron chi connectivity index (χ3n) is 5.70.